The Hall–Kier alpha value is -2.48. The zero-order chi connectivity index (χ0) is 17.4. The highest BCUT2D eigenvalue weighted by atomic mass is 14.9. The van der Waals surface area contributed by atoms with Crippen molar-refractivity contribution in [3.05, 3.63) is 71.0 Å². The minimum absolute atomic E-state index is 1.25. The largest absolute Gasteiger partial charge is 0.212 e. The van der Waals surface area contributed by atoms with Crippen LogP contribution in [0.15, 0.2) is 48.8 Å². The minimum atomic E-state index is 1.25. The van der Waals surface area contributed by atoms with Crippen molar-refractivity contribution in [2.45, 2.75) is 27.7 Å². The fourth-order valence-corrected chi connectivity index (χ4v) is 3.76. The zero-order valence-corrected chi connectivity index (χ0v) is 15.5. The van der Waals surface area contributed by atoms with E-state index >= 15 is 0 Å². The molecule has 2 aromatic heterocycles. The summed E-state index contributed by atoms with van der Waals surface area (Å²) in [5, 5.41) is 0. The predicted octanol–water partition coefficient (Wildman–Crippen LogP) is 3.90. The molecule has 0 spiro atoms. The minimum Gasteiger partial charge on any atom is -0.201 e. The molecule has 0 bridgehead atoms. The van der Waals surface area contributed by atoms with Crippen LogP contribution >= 0.6 is 0 Å². The Kier molecular flexibility index (Phi) is 4.23. The van der Waals surface area contributed by atoms with Gasteiger partial charge in [-0.1, -0.05) is 6.07 Å². The lowest BCUT2D eigenvalue weighted by molar-refractivity contribution is -0.660. The highest BCUT2D eigenvalue weighted by Crippen LogP contribution is 2.34. The molecule has 0 amide bonds. The number of pyridine rings is 2. The molecule has 0 fully saturated rings. The maximum absolute atomic E-state index is 2.31. The second-order valence-electron chi connectivity index (χ2n) is 6.78. The van der Waals surface area contributed by atoms with E-state index in [2.05, 4.69) is 99.7 Å². The van der Waals surface area contributed by atoms with Crippen LogP contribution in [0.3, 0.4) is 0 Å². The van der Waals surface area contributed by atoms with Gasteiger partial charge in [-0.15, -0.1) is 0 Å². The van der Waals surface area contributed by atoms with E-state index < -0.39 is 0 Å². The van der Waals surface area contributed by atoms with Crippen LogP contribution < -0.4 is 9.13 Å². The fraction of sp³-hybridized carbons (Fsp3) is 0.273. The third kappa shape index (κ3) is 2.73. The topological polar surface area (TPSA) is 7.76 Å². The molecule has 0 aliphatic carbocycles. The van der Waals surface area contributed by atoms with Crippen molar-refractivity contribution in [2.75, 3.05) is 0 Å². The Morgan fingerprint density at radius 1 is 0.708 bits per heavy atom. The number of hydrogen-bond donors (Lipinski definition) is 0. The Labute approximate surface area is 145 Å². The van der Waals surface area contributed by atoms with Gasteiger partial charge in [0.15, 0.2) is 12.4 Å². The van der Waals surface area contributed by atoms with Crippen molar-refractivity contribution in [1.29, 1.82) is 0 Å². The van der Waals surface area contributed by atoms with E-state index in [-0.39, 0.29) is 0 Å². The van der Waals surface area contributed by atoms with Gasteiger partial charge in [-0.3, -0.25) is 0 Å². The van der Waals surface area contributed by atoms with Crippen LogP contribution in [0.2, 0.25) is 0 Å². The monoisotopic (exact) mass is 318 g/mol. The van der Waals surface area contributed by atoms with E-state index in [0.29, 0.717) is 0 Å². The summed E-state index contributed by atoms with van der Waals surface area (Å²) in [5.41, 5.74) is 10.4. The molecule has 0 unspecified atom stereocenters. The molecule has 0 atom stereocenters. The molecule has 3 rings (SSSR count). The van der Waals surface area contributed by atoms with E-state index in [1.54, 1.807) is 0 Å². The van der Waals surface area contributed by atoms with Crippen LogP contribution in [0.1, 0.15) is 22.3 Å². The van der Waals surface area contributed by atoms with Crippen LogP contribution in [0.25, 0.3) is 22.5 Å². The summed E-state index contributed by atoms with van der Waals surface area (Å²) >= 11 is 0. The van der Waals surface area contributed by atoms with Crippen molar-refractivity contribution in [1.82, 2.24) is 0 Å². The Bertz CT molecular complexity index is 923. The first-order valence-corrected chi connectivity index (χ1v) is 8.42. The number of benzene rings is 1. The number of nitrogens with zero attached hydrogens (tertiary/aromatic N) is 2. The van der Waals surface area contributed by atoms with Crippen molar-refractivity contribution in [3.63, 3.8) is 0 Å². The highest BCUT2D eigenvalue weighted by molar-refractivity contribution is 5.78. The lowest BCUT2D eigenvalue weighted by atomic mass is 9.89. The molecule has 0 N–H and O–H groups in total. The van der Waals surface area contributed by atoms with Gasteiger partial charge in [-0.2, -0.15) is 0 Å². The smallest absolute Gasteiger partial charge is 0.201 e. The normalized spacial score (nSPS) is 10.9. The third-order valence-electron chi connectivity index (χ3n) is 4.82. The molecular formula is C22H26N2+2. The van der Waals surface area contributed by atoms with Gasteiger partial charge in [0.1, 0.15) is 14.1 Å². The lowest BCUT2D eigenvalue weighted by Crippen LogP contribution is -2.32. The predicted molar refractivity (Wildman–Crippen MR) is 98.6 cm³/mol. The molecule has 2 nitrogen and oxygen atoms in total. The number of hydrogen-bond acceptors (Lipinski definition) is 0. The van der Waals surface area contributed by atoms with E-state index in [9.17, 15) is 0 Å². The Balaban J connectivity index is 2.33. The SMILES string of the molecule is Cc1ccc(-c2c(C)cc(C)c(-c3cccc[n+]3C)c2C)[n+](C)c1. The second kappa shape index (κ2) is 6.20. The van der Waals surface area contributed by atoms with Crippen molar-refractivity contribution < 1.29 is 9.13 Å². The van der Waals surface area contributed by atoms with Crippen molar-refractivity contribution in [3.8, 4) is 22.5 Å². The molecule has 122 valence electrons. The molecule has 0 saturated carbocycles. The molecule has 0 aliphatic rings. The Morgan fingerprint density at radius 3 is 1.92 bits per heavy atom. The van der Waals surface area contributed by atoms with Gasteiger partial charge in [-0.25, -0.2) is 9.13 Å². The fourth-order valence-electron chi connectivity index (χ4n) is 3.76. The van der Waals surface area contributed by atoms with Crippen LogP contribution in [0.5, 0.6) is 0 Å². The summed E-state index contributed by atoms with van der Waals surface area (Å²) in [6.45, 7) is 8.80. The zero-order valence-electron chi connectivity index (χ0n) is 15.5. The molecular weight excluding hydrogens is 292 g/mol. The third-order valence-corrected chi connectivity index (χ3v) is 4.82. The maximum Gasteiger partial charge on any atom is 0.212 e. The molecule has 24 heavy (non-hydrogen) atoms. The van der Waals surface area contributed by atoms with Crippen LogP contribution in [-0.4, -0.2) is 0 Å². The van der Waals surface area contributed by atoms with E-state index in [1.807, 2.05) is 0 Å². The first kappa shape index (κ1) is 16.4. The summed E-state index contributed by atoms with van der Waals surface area (Å²) in [7, 11) is 4.24. The summed E-state index contributed by atoms with van der Waals surface area (Å²) in [6.07, 6.45) is 4.30. The van der Waals surface area contributed by atoms with Gasteiger partial charge in [-0.05, 0) is 56.5 Å². The average molecular weight is 318 g/mol. The molecule has 0 aliphatic heterocycles. The van der Waals surface area contributed by atoms with E-state index in [0.717, 1.165) is 0 Å². The van der Waals surface area contributed by atoms with Gasteiger partial charge in [0.2, 0.25) is 11.4 Å². The average Bonchev–Trinajstić information content (AvgIpc) is 2.51. The van der Waals surface area contributed by atoms with Crippen LogP contribution in [-0.2, 0) is 14.1 Å². The Morgan fingerprint density at radius 2 is 1.33 bits per heavy atom. The van der Waals surface area contributed by atoms with Crippen LogP contribution in [0, 0.1) is 27.7 Å². The van der Waals surface area contributed by atoms with Crippen LogP contribution in [0.4, 0.5) is 0 Å². The van der Waals surface area contributed by atoms with Gasteiger partial charge >= 0.3 is 0 Å². The number of rotatable bonds is 2. The molecule has 0 radical (unpaired) electrons. The summed E-state index contributed by atoms with van der Waals surface area (Å²) in [4.78, 5) is 0. The maximum atomic E-state index is 2.31. The molecule has 2 heteroatoms. The summed E-state index contributed by atoms with van der Waals surface area (Å²) in [6, 6.07) is 13.1. The summed E-state index contributed by atoms with van der Waals surface area (Å²) < 4.78 is 4.43. The molecule has 0 saturated heterocycles. The van der Waals surface area contributed by atoms with Crippen molar-refractivity contribution >= 4 is 0 Å². The first-order chi connectivity index (χ1) is 11.4. The first-order valence-electron chi connectivity index (χ1n) is 8.42. The highest BCUT2D eigenvalue weighted by Gasteiger charge is 2.22. The number of aryl methyl sites for hydroxylation is 5. The standard InChI is InChI=1S/C22H26N2/c1-15-10-11-20(24(6)14-15)22-17(3)13-16(2)21(18(22)4)19-9-7-8-12-23(19)5/h7-14H,1-6H3/q+2. The van der Waals surface area contributed by atoms with Gasteiger partial charge in [0.05, 0.1) is 11.1 Å². The molecule has 3 aromatic rings. The van der Waals surface area contributed by atoms with Crippen molar-refractivity contribution in [2.24, 2.45) is 14.1 Å². The van der Waals surface area contributed by atoms with E-state index in [4.69, 9.17) is 0 Å². The van der Waals surface area contributed by atoms with Gasteiger partial charge in [0.25, 0.3) is 0 Å². The van der Waals surface area contributed by atoms with E-state index in [1.165, 1.54) is 44.8 Å². The molecule has 1 aromatic carbocycles. The quantitative estimate of drug-likeness (QED) is 0.633. The second-order valence-corrected chi connectivity index (χ2v) is 6.78. The van der Waals surface area contributed by atoms with Gasteiger partial charge in [0, 0.05) is 23.8 Å². The molecule has 2 heterocycles. The summed E-state index contributed by atoms with van der Waals surface area (Å²) in [5.74, 6) is 0. The lowest BCUT2D eigenvalue weighted by Gasteiger charge is -2.15. The van der Waals surface area contributed by atoms with Gasteiger partial charge < -0.3 is 0 Å². The number of aromatic nitrogens is 2.